The molecule has 1 aliphatic rings. The number of carbonyl (C=O) groups is 1. The Balaban J connectivity index is 1.61. The molecule has 0 bridgehead atoms. The van der Waals surface area contributed by atoms with Crippen molar-refractivity contribution in [1.29, 1.82) is 0 Å². The van der Waals surface area contributed by atoms with Crippen molar-refractivity contribution in [2.45, 2.75) is 35.2 Å². The molecule has 0 saturated carbocycles. The van der Waals surface area contributed by atoms with Crippen molar-refractivity contribution >= 4 is 25.5 Å². The first kappa shape index (κ1) is 28.6. The van der Waals surface area contributed by atoms with E-state index < -0.39 is 48.3 Å². The van der Waals surface area contributed by atoms with E-state index in [1.165, 1.54) is 24.3 Å². The molecule has 0 unspecified atom stereocenters. The van der Waals surface area contributed by atoms with E-state index >= 15 is 0 Å². The van der Waals surface area contributed by atoms with Crippen molar-refractivity contribution < 1.29 is 31.1 Å². The summed E-state index contributed by atoms with van der Waals surface area (Å²) in [5, 5.41) is 0. The van der Waals surface area contributed by atoms with Crippen LogP contribution in [0.4, 0.5) is 0 Å². The number of benzene rings is 4. The Hall–Kier alpha value is -3.89. The van der Waals surface area contributed by atoms with E-state index in [0.29, 0.717) is 0 Å². The molecule has 5 rings (SSSR count). The molecule has 0 aliphatic heterocycles. The van der Waals surface area contributed by atoms with Crippen molar-refractivity contribution in [3.05, 3.63) is 143 Å². The predicted molar refractivity (Wildman–Crippen MR) is 154 cm³/mol. The highest BCUT2D eigenvalue weighted by atomic mass is 32.2. The minimum Gasteiger partial charge on any atom is -0.366 e. The number of hydrogen-bond acceptors (Lipinski definition) is 7. The summed E-state index contributed by atoms with van der Waals surface area (Å²) in [5.41, 5.74) is 1.39. The maximum atomic E-state index is 14.0. The fourth-order valence-electron chi connectivity index (χ4n) is 4.69. The first-order valence-electron chi connectivity index (χ1n) is 12.9. The van der Waals surface area contributed by atoms with E-state index in [2.05, 4.69) is 0 Å². The van der Waals surface area contributed by atoms with E-state index in [-0.39, 0.29) is 28.6 Å². The van der Waals surface area contributed by atoms with Gasteiger partial charge in [-0.15, -0.1) is 0 Å². The minimum atomic E-state index is -4.42. The lowest BCUT2D eigenvalue weighted by Gasteiger charge is -2.23. The van der Waals surface area contributed by atoms with Crippen LogP contribution >= 0.6 is 0 Å². The average molecular weight is 589 g/mol. The van der Waals surface area contributed by atoms with Crippen LogP contribution in [0.1, 0.15) is 11.1 Å². The molecule has 0 N–H and O–H groups in total. The van der Waals surface area contributed by atoms with E-state index in [1.54, 1.807) is 36.4 Å². The zero-order valence-corrected chi connectivity index (χ0v) is 23.6. The summed E-state index contributed by atoms with van der Waals surface area (Å²) in [6.07, 6.45) is -2.62. The van der Waals surface area contributed by atoms with Crippen molar-refractivity contribution in [2.75, 3.05) is 5.75 Å². The van der Waals surface area contributed by atoms with Gasteiger partial charge >= 0.3 is 0 Å². The number of ketones is 1. The molecule has 0 radical (unpaired) electrons. The third kappa shape index (κ3) is 6.39. The van der Waals surface area contributed by atoms with E-state index in [0.717, 1.165) is 11.1 Å². The molecule has 4 aromatic rings. The summed E-state index contributed by atoms with van der Waals surface area (Å²) in [4.78, 5) is 13.3. The van der Waals surface area contributed by atoms with E-state index in [1.807, 2.05) is 60.7 Å². The molecule has 0 aromatic heterocycles. The van der Waals surface area contributed by atoms with Gasteiger partial charge in [-0.2, -0.15) is 0 Å². The molecule has 0 saturated heterocycles. The minimum absolute atomic E-state index is 0.000175. The zero-order valence-electron chi connectivity index (χ0n) is 22.0. The van der Waals surface area contributed by atoms with Crippen molar-refractivity contribution in [3.63, 3.8) is 0 Å². The van der Waals surface area contributed by atoms with Crippen LogP contribution in [0.25, 0.3) is 0 Å². The number of rotatable bonds is 11. The molecule has 41 heavy (non-hydrogen) atoms. The number of ether oxygens (including phenoxy) is 2. The Kier molecular flexibility index (Phi) is 8.60. The lowest BCUT2D eigenvalue weighted by Crippen LogP contribution is -2.35. The van der Waals surface area contributed by atoms with Crippen LogP contribution in [-0.4, -0.2) is 40.6 Å². The second-order valence-electron chi connectivity index (χ2n) is 9.54. The molecule has 0 fully saturated rings. The first-order valence-corrected chi connectivity index (χ1v) is 16.1. The lowest BCUT2D eigenvalue weighted by atomic mass is 10.1. The molecular formula is C32H28O7S2. The zero-order chi connectivity index (χ0) is 28.9. The fraction of sp³-hybridized carbons (Fsp3) is 0.156. The van der Waals surface area contributed by atoms with Crippen LogP contribution in [0.5, 0.6) is 0 Å². The largest absolute Gasteiger partial charge is 0.366 e. The monoisotopic (exact) mass is 588 g/mol. The number of Topliss-reactive ketones (excluding diaryl/α,β-unsaturated/α-hetero) is 1. The number of carbonyl (C=O) groups excluding carboxylic acids is 1. The lowest BCUT2D eigenvalue weighted by molar-refractivity contribution is -0.134. The van der Waals surface area contributed by atoms with Crippen molar-refractivity contribution in [2.24, 2.45) is 0 Å². The van der Waals surface area contributed by atoms with E-state index in [9.17, 15) is 21.6 Å². The molecule has 2 atom stereocenters. The fourth-order valence-corrected chi connectivity index (χ4v) is 7.91. The molecule has 0 spiro atoms. The smallest absolute Gasteiger partial charge is 0.210 e. The Bertz CT molecular complexity index is 1740. The third-order valence-electron chi connectivity index (χ3n) is 6.71. The highest BCUT2D eigenvalue weighted by molar-refractivity contribution is 7.96. The second kappa shape index (κ2) is 12.3. The van der Waals surface area contributed by atoms with Gasteiger partial charge in [0.1, 0.15) is 11.0 Å². The quantitative estimate of drug-likeness (QED) is 0.244. The Morgan fingerprint density at radius 3 is 1.44 bits per heavy atom. The van der Waals surface area contributed by atoms with E-state index in [4.69, 9.17) is 9.47 Å². The van der Waals surface area contributed by atoms with Gasteiger partial charge in [-0.3, -0.25) is 4.79 Å². The second-order valence-corrected chi connectivity index (χ2v) is 13.4. The van der Waals surface area contributed by atoms with Crippen LogP contribution in [0.15, 0.2) is 142 Å². The van der Waals surface area contributed by atoms with Gasteiger partial charge in [0.2, 0.25) is 15.6 Å². The Morgan fingerprint density at radius 1 is 0.537 bits per heavy atom. The number of hydrogen-bond donors (Lipinski definition) is 0. The molecule has 1 aliphatic carbocycles. The summed E-state index contributed by atoms with van der Waals surface area (Å²) >= 11 is 0. The summed E-state index contributed by atoms with van der Waals surface area (Å²) < 4.78 is 67.2. The normalized spacial score (nSPS) is 17.6. The van der Waals surface area contributed by atoms with Gasteiger partial charge in [0.05, 0.1) is 28.8 Å². The molecule has 9 heteroatoms. The SMILES string of the molecule is O=C1C(S(=O)(=O)c2ccccc2)=C(CS(=O)(=O)c2ccccc2)[C@@H](OCc2ccccc2)[C@@H]1OCc1ccccc1. The summed E-state index contributed by atoms with van der Waals surface area (Å²) in [5.74, 6) is -1.56. The highest BCUT2D eigenvalue weighted by Gasteiger charge is 2.50. The molecule has 0 heterocycles. The summed E-state index contributed by atoms with van der Waals surface area (Å²) in [6.45, 7) is 0.0113. The van der Waals surface area contributed by atoms with Gasteiger partial charge in [0.25, 0.3) is 0 Å². The molecule has 7 nitrogen and oxygen atoms in total. The third-order valence-corrected chi connectivity index (χ3v) is 10.3. The molecule has 4 aromatic carbocycles. The predicted octanol–water partition coefficient (Wildman–Crippen LogP) is 4.94. The van der Waals surface area contributed by atoms with Gasteiger partial charge in [-0.25, -0.2) is 16.8 Å². The van der Waals surface area contributed by atoms with Crippen molar-refractivity contribution in [1.82, 2.24) is 0 Å². The van der Waals surface area contributed by atoms with Gasteiger partial charge in [0.15, 0.2) is 15.9 Å². The average Bonchev–Trinajstić information content (AvgIpc) is 3.26. The Labute approximate surface area is 239 Å². The van der Waals surface area contributed by atoms with Crippen molar-refractivity contribution in [3.8, 4) is 0 Å². The summed E-state index contributed by atoms with van der Waals surface area (Å²) in [6, 6.07) is 33.4. The molecule has 210 valence electrons. The van der Waals surface area contributed by atoms with Crippen LogP contribution in [-0.2, 0) is 47.2 Å². The number of sulfone groups is 2. The molecular weight excluding hydrogens is 560 g/mol. The maximum Gasteiger partial charge on any atom is 0.210 e. The van der Waals surface area contributed by atoms with Crippen LogP contribution in [0.3, 0.4) is 0 Å². The van der Waals surface area contributed by atoms with Crippen LogP contribution < -0.4 is 0 Å². The van der Waals surface area contributed by atoms with Gasteiger partial charge in [-0.1, -0.05) is 97.1 Å². The van der Waals surface area contributed by atoms with Crippen LogP contribution in [0, 0.1) is 0 Å². The standard InChI is InChI=1S/C32H28O7S2/c33-29-31(39-22-25-15-7-2-8-16-25)30(38-21-24-13-5-1-6-14-24)28(23-40(34,35)26-17-9-3-10-18-26)32(29)41(36,37)27-19-11-4-12-20-27/h1-20,30-31H,21-23H2/t30-,31-/m1/s1. The van der Waals surface area contributed by atoms with Crippen LogP contribution in [0.2, 0.25) is 0 Å². The topological polar surface area (TPSA) is 104 Å². The van der Waals surface area contributed by atoms with Gasteiger partial charge in [0, 0.05) is 0 Å². The maximum absolute atomic E-state index is 14.0. The molecule has 0 amide bonds. The highest BCUT2D eigenvalue weighted by Crippen LogP contribution is 2.37. The van der Waals surface area contributed by atoms with Gasteiger partial charge < -0.3 is 9.47 Å². The summed E-state index contributed by atoms with van der Waals surface area (Å²) in [7, 11) is -8.48. The first-order chi connectivity index (χ1) is 19.8. The Morgan fingerprint density at radius 2 is 0.951 bits per heavy atom. The van der Waals surface area contributed by atoms with Gasteiger partial charge in [-0.05, 0) is 41.0 Å².